The molecule has 1 fully saturated rings. The van der Waals surface area contributed by atoms with Gasteiger partial charge in [0.15, 0.2) is 28.8 Å². The van der Waals surface area contributed by atoms with Crippen molar-refractivity contribution < 1.29 is 47.5 Å². The highest BCUT2D eigenvalue weighted by Crippen LogP contribution is 2.41. The first-order valence-electron chi connectivity index (χ1n) is 13.5. The van der Waals surface area contributed by atoms with Gasteiger partial charge in [0.25, 0.3) is 0 Å². The Morgan fingerprint density at radius 1 is 1.28 bits per heavy atom. The highest BCUT2D eigenvalue weighted by Gasteiger charge is 2.57. The Labute approximate surface area is 268 Å². The first kappa shape index (κ1) is 33.3. The number of carbonyl (C=O) groups is 1. The first-order valence-corrected chi connectivity index (χ1v) is 14.8. The third-order valence-electron chi connectivity index (χ3n) is 7.12. The number of ether oxygens (including phenoxy) is 3. The Bertz CT molecular complexity index is 1750. The van der Waals surface area contributed by atoms with Gasteiger partial charge in [-0.25, -0.2) is 14.8 Å². The van der Waals surface area contributed by atoms with Crippen LogP contribution in [-0.4, -0.2) is 82.6 Å². The van der Waals surface area contributed by atoms with E-state index in [1.165, 1.54) is 33.9 Å². The smallest absolute Gasteiger partial charge is 0.479 e. The third-order valence-corrected chi connectivity index (χ3v) is 7.88. The van der Waals surface area contributed by atoms with Crippen LogP contribution in [0.25, 0.3) is 11.2 Å². The molecule has 1 aliphatic rings. The number of nitrogens with zero attached hydrogens (tertiary/aromatic N) is 5. The molecule has 4 aromatic rings. The minimum absolute atomic E-state index is 0.0305. The Kier molecular flexibility index (Phi) is 9.14. The number of aliphatic carboxylic acids is 1. The molecule has 1 aliphatic heterocycles. The summed E-state index contributed by atoms with van der Waals surface area (Å²) in [7, 11) is 0. The van der Waals surface area contributed by atoms with E-state index in [1.54, 1.807) is 0 Å². The second kappa shape index (κ2) is 12.6. The van der Waals surface area contributed by atoms with Gasteiger partial charge in [0, 0.05) is 17.8 Å². The van der Waals surface area contributed by atoms with Crippen LogP contribution in [0.5, 0.6) is 5.75 Å². The number of imidazole rings is 1. The molecule has 1 aromatic carbocycles. The first-order chi connectivity index (χ1) is 21.7. The third kappa shape index (κ3) is 6.45. The molecular weight excluding hydrogens is 657 g/mol. The second-order valence-electron chi connectivity index (χ2n) is 10.6. The van der Waals surface area contributed by atoms with Crippen LogP contribution >= 0.6 is 22.9 Å². The summed E-state index contributed by atoms with van der Waals surface area (Å²) in [5.74, 6) is 0.450. The predicted octanol–water partition coefficient (Wildman–Crippen LogP) is 3.52. The molecule has 0 bridgehead atoms. The largest absolute Gasteiger partial charge is 0.573 e. The number of nitrogens with one attached hydrogen (secondary N) is 1. The number of hydrogen-bond donors (Lipinski definition) is 4. The zero-order chi connectivity index (χ0) is 33.4. The lowest BCUT2D eigenvalue weighted by Gasteiger charge is -2.32. The Hall–Kier alpha value is -4.05. The topological polar surface area (TPSA) is 174 Å². The molecule has 3 aromatic heterocycles. The summed E-state index contributed by atoms with van der Waals surface area (Å²) >= 11 is 7.23. The molecule has 0 aliphatic carbocycles. The number of thiazole rings is 1. The summed E-state index contributed by atoms with van der Waals surface area (Å²) < 4.78 is 55.1. The predicted molar refractivity (Wildman–Crippen MR) is 157 cm³/mol. The Balaban J connectivity index is 1.45. The maximum absolute atomic E-state index is 12.8. The minimum atomic E-state index is -4.91. The van der Waals surface area contributed by atoms with Crippen molar-refractivity contribution in [3.05, 3.63) is 58.0 Å². The molecule has 5 atom stereocenters. The van der Waals surface area contributed by atoms with Gasteiger partial charge >= 0.3 is 12.3 Å². The van der Waals surface area contributed by atoms with Crippen LogP contribution < -0.4 is 10.1 Å². The molecule has 18 heteroatoms. The molecule has 0 radical (unpaired) electrons. The number of carboxylic acids is 1. The van der Waals surface area contributed by atoms with E-state index < -0.39 is 60.7 Å². The molecule has 46 heavy (non-hydrogen) atoms. The van der Waals surface area contributed by atoms with Crippen LogP contribution in [0.1, 0.15) is 31.3 Å². The molecule has 0 saturated carbocycles. The Morgan fingerprint density at radius 2 is 2.00 bits per heavy atom. The number of hydrogen-bond acceptors (Lipinski definition) is 12. The van der Waals surface area contributed by atoms with Crippen molar-refractivity contribution in [1.29, 1.82) is 0 Å². The van der Waals surface area contributed by atoms with Gasteiger partial charge in [-0.15, -0.1) is 30.9 Å². The van der Waals surface area contributed by atoms with Gasteiger partial charge < -0.3 is 34.8 Å². The molecule has 13 nitrogen and oxygen atoms in total. The number of benzene rings is 1. The van der Waals surface area contributed by atoms with Crippen molar-refractivity contribution in [2.24, 2.45) is 0 Å². The van der Waals surface area contributed by atoms with Crippen molar-refractivity contribution in [2.75, 3.05) is 11.9 Å². The molecular formula is C28H26ClF3N6O7S. The summed E-state index contributed by atoms with van der Waals surface area (Å²) in [4.78, 5) is 29.6. The number of aromatic nitrogens is 5. The van der Waals surface area contributed by atoms with E-state index in [0.717, 1.165) is 23.5 Å². The van der Waals surface area contributed by atoms with Gasteiger partial charge in [-0.1, -0.05) is 18.1 Å². The zero-order valence-corrected chi connectivity index (χ0v) is 25.5. The molecule has 244 valence electrons. The van der Waals surface area contributed by atoms with Crippen LogP contribution in [0, 0.1) is 12.3 Å². The van der Waals surface area contributed by atoms with Crippen molar-refractivity contribution in [1.82, 2.24) is 24.5 Å². The van der Waals surface area contributed by atoms with E-state index in [-0.39, 0.29) is 33.7 Å². The number of terminal acetylenes is 1. The molecule has 4 heterocycles. The van der Waals surface area contributed by atoms with Gasteiger partial charge in [0.1, 0.15) is 18.0 Å². The molecule has 4 N–H and O–H groups in total. The average molecular weight is 683 g/mol. The minimum Gasteiger partial charge on any atom is -0.479 e. The van der Waals surface area contributed by atoms with Gasteiger partial charge in [-0.2, -0.15) is 9.97 Å². The van der Waals surface area contributed by atoms with Crippen LogP contribution in [0.3, 0.4) is 0 Å². The normalized spacial score (nSPS) is 22.9. The van der Waals surface area contributed by atoms with Crippen LogP contribution in [0.15, 0.2) is 41.5 Å². The molecule has 0 spiro atoms. The van der Waals surface area contributed by atoms with E-state index in [0.29, 0.717) is 5.82 Å². The van der Waals surface area contributed by atoms with Gasteiger partial charge in [-0.3, -0.25) is 4.57 Å². The van der Waals surface area contributed by atoms with E-state index >= 15 is 0 Å². The van der Waals surface area contributed by atoms with Gasteiger partial charge in [0.2, 0.25) is 10.9 Å². The Morgan fingerprint density at radius 3 is 2.59 bits per heavy atom. The van der Waals surface area contributed by atoms with Crippen LogP contribution in [0.4, 0.5) is 19.0 Å². The summed E-state index contributed by atoms with van der Waals surface area (Å²) in [6, 6.07) is 4.51. The number of aliphatic hydroxyl groups excluding tert-OH is 1. The fourth-order valence-electron chi connectivity index (χ4n) is 4.96. The van der Waals surface area contributed by atoms with E-state index in [4.69, 9.17) is 27.5 Å². The maximum Gasteiger partial charge on any atom is 0.573 e. The maximum atomic E-state index is 12.8. The van der Waals surface area contributed by atoms with E-state index in [1.807, 2.05) is 13.8 Å². The van der Waals surface area contributed by atoms with E-state index in [2.05, 4.69) is 35.9 Å². The highest BCUT2D eigenvalue weighted by atomic mass is 35.5. The number of aliphatic hydroxyl groups is 2. The lowest BCUT2D eigenvalue weighted by molar-refractivity contribution is -0.274. The van der Waals surface area contributed by atoms with Crippen molar-refractivity contribution in [3.8, 4) is 18.1 Å². The number of rotatable bonds is 11. The van der Waals surface area contributed by atoms with Crippen LogP contribution in [0.2, 0.25) is 5.28 Å². The van der Waals surface area contributed by atoms with E-state index in [9.17, 15) is 33.3 Å². The summed E-state index contributed by atoms with van der Waals surface area (Å²) in [6.07, 6.45) is -3.02. The number of carboxylic acid groups (broad SMARTS) is 1. The number of halogens is 4. The summed E-state index contributed by atoms with van der Waals surface area (Å²) in [5.41, 5.74) is -2.56. The van der Waals surface area contributed by atoms with Gasteiger partial charge in [0.05, 0.1) is 24.1 Å². The highest BCUT2D eigenvalue weighted by molar-refractivity contribution is 7.07. The number of anilines is 1. The average Bonchev–Trinajstić information content (AvgIpc) is 3.71. The molecule has 1 unspecified atom stereocenters. The number of fused-ring (bicyclic) bond motifs is 1. The van der Waals surface area contributed by atoms with Crippen molar-refractivity contribution >= 4 is 45.9 Å². The van der Waals surface area contributed by atoms with Gasteiger partial charge in [-0.05, 0) is 43.1 Å². The lowest BCUT2D eigenvalue weighted by atomic mass is 9.90. The lowest BCUT2D eigenvalue weighted by Crippen LogP contribution is -2.50. The molecule has 5 rings (SSSR count). The number of alkyl halides is 3. The van der Waals surface area contributed by atoms with Crippen LogP contribution in [-0.2, 0) is 26.3 Å². The second-order valence-corrected chi connectivity index (χ2v) is 11.6. The summed E-state index contributed by atoms with van der Waals surface area (Å²) in [6.45, 7) is 3.08. The monoisotopic (exact) mass is 682 g/mol. The molecule has 0 amide bonds. The van der Waals surface area contributed by atoms with Crippen molar-refractivity contribution in [3.63, 3.8) is 0 Å². The quantitative estimate of drug-likeness (QED) is 0.134. The molecule has 1 saturated heterocycles. The fourth-order valence-corrected chi connectivity index (χ4v) is 5.74. The zero-order valence-electron chi connectivity index (χ0n) is 24.0. The van der Waals surface area contributed by atoms with Crippen molar-refractivity contribution in [2.45, 2.75) is 62.3 Å². The SMILES string of the molecule is C#C[C@@]1(O)[C@@H](COC(Cc2ccc(OC(F)(F)F)cc2)(C(=O)O)c2cscn2)O[C@@H](n2cnc3c(NC(C)C)nc(Cl)nc32)[C@@H]1O. The standard InChI is InChI=1S/C28H26ClF3N6O7S/c1-4-26(42)18(44-23(20(26)39)38-12-33-19-21(35-14(2)3)36-25(29)37-22(19)38)10-43-27(24(40)41,17-11-46-13-34-17)9-15-5-7-16(8-6-15)45-28(30,31)32/h1,5-8,11-14,18,20,23,39,42H,9-10H2,2-3H3,(H,40,41)(H,35,36,37)/t18-,20+,23-,26-,27?/m1/s1. The fraction of sp³-hybridized carbons (Fsp3) is 0.393. The summed E-state index contributed by atoms with van der Waals surface area (Å²) in [5, 5.41) is 37.5.